The van der Waals surface area contributed by atoms with E-state index in [2.05, 4.69) is 34.6 Å². The first-order chi connectivity index (χ1) is 48.6. The van der Waals surface area contributed by atoms with Crippen LogP contribution in [0.25, 0.3) is 0 Å². The summed E-state index contributed by atoms with van der Waals surface area (Å²) in [5.41, 5.74) is 0. The molecule has 19 heteroatoms. The van der Waals surface area contributed by atoms with E-state index < -0.39 is 97.5 Å². The number of hydrogen-bond donors (Lipinski definition) is 3. The summed E-state index contributed by atoms with van der Waals surface area (Å²) in [5.74, 6) is -1.30. The van der Waals surface area contributed by atoms with E-state index in [4.69, 9.17) is 37.0 Å². The number of esters is 4. The molecule has 6 atom stereocenters. The van der Waals surface area contributed by atoms with Crippen molar-refractivity contribution in [3.05, 3.63) is 0 Å². The van der Waals surface area contributed by atoms with Gasteiger partial charge in [-0.25, -0.2) is 9.13 Å². The minimum atomic E-state index is -4.96. The van der Waals surface area contributed by atoms with Gasteiger partial charge in [0.15, 0.2) is 12.2 Å². The van der Waals surface area contributed by atoms with Gasteiger partial charge in [-0.15, -0.1) is 0 Å². The molecule has 0 rings (SSSR count). The van der Waals surface area contributed by atoms with Gasteiger partial charge in [-0.1, -0.05) is 381 Å². The zero-order valence-electron chi connectivity index (χ0n) is 65.3. The fourth-order valence-corrected chi connectivity index (χ4v) is 14.1. The van der Waals surface area contributed by atoms with Crippen LogP contribution in [-0.2, 0) is 65.4 Å². The van der Waals surface area contributed by atoms with Gasteiger partial charge in [0, 0.05) is 25.7 Å². The third kappa shape index (κ3) is 73.0. The van der Waals surface area contributed by atoms with Crippen molar-refractivity contribution < 1.29 is 80.2 Å². The summed E-state index contributed by atoms with van der Waals surface area (Å²) in [7, 11) is -9.92. The predicted octanol–water partition coefficient (Wildman–Crippen LogP) is 24.4. The first-order valence-corrected chi connectivity index (χ1v) is 45.2. The average Bonchev–Trinajstić information content (AvgIpc) is 0.949. The highest BCUT2D eigenvalue weighted by Crippen LogP contribution is 2.45. The maximum absolute atomic E-state index is 13.1. The SMILES string of the molecule is CCCCCCCCCCCCCCCCCCCC(=O)O[C@H](COC(=O)CCCCCCCCCCCCCCCCCC)COP(=O)(O)OC[C@@H](O)COP(=O)(O)OC[C@@H](COC(=O)CCCCCCCCCCCCCCC)OC(=O)CCCCCCCCCCCCC(C)CC. The fourth-order valence-electron chi connectivity index (χ4n) is 12.6. The van der Waals surface area contributed by atoms with Crippen LogP contribution in [0.1, 0.15) is 433 Å². The summed E-state index contributed by atoms with van der Waals surface area (Å²) in [4.78, 5) is 73.1. The number of ether oxygens (including phenoxy) is 4. The van der Waals surface area contributed by atoms with E-state index in [-0.39, 0.29) is 25.7 Å². The summed E-state index contributed by atoms with van der Waals surface area (Å²) in [6, 6.07) is 0. The number of carbonyl (C=O) groups excluding carboxylic acids is 4. The molecule has 0 radical (unpaired) electrons. The van der Waals surface area contributed by atoms with E-state index in [9.17, 15) is 43.2 Å². The molecular weight excluding hydrogens is 1310 g/mol. The van der Waals surface area contributed by atoms with Crippen molar-refractivity contribution in [3.63, 3.8) is 0 Å². The second kappa shape index (κ2) is 73.9. The lowest BCUT2D eigenvalue weighted by molar-refractivity contribution is -0.161. The van der Waals surface area contributed by atoms with E-state index >= 15 is 0 Å². The number of carbonyl (C=O) groups is 4. The molecule has 0 aromatic heterocycles. The summed E-state index contributed by atoms with van der Waals surface area (Å²) in [5, 5.41) is 10.7. The summed E-state index contributed by atoms with van der Waals surface area (Å²) in [6.45, 7) is 7.37. The van der Waals surface area contributed by atoms with Gasteiger partial charge < -0.3 is 33.8 Å². The average molecular weight is 1470 g/mol. The van der Waals surface area contributed by atoms with Gasteiger partial charge in [0.05, 0.1) is 26.4 Å². The number of phosphoric acid groups is 2. The number of rotatable bonds is 81. The molecule has 100 heavy (non-hydrogen) atoms. The molecular formula is C81H158O17P2. The topological polar surface area (TPSA) is 237 Å². The monoisotopic (exact) mass is 1470 g/mol. The largest absolute Gasteiger partial charge is 0.472 e. The van der Waals surface area contributed by atoms with Crippen LogP contribution < -0.4 is 0 Å². The molecule has 0 fully saturated rings. The van der Waals surface area contributed by atoms with E-state index in [1.165, 1.54) is 257 Å². The Morgan fingerprint density at radius 1 is 0.280 bits per heavy atom. The number of aliphatic hydroxyl groups is 1. The lowest BCUT2D eigenvalue weighted by atomic mass is 9.99. The molecule has 0 saturated carbocycles. The van der Waals surface area contributed by atoms with Crippen molar-refractivity contribution in [2.24, 2.45) is 5.92 Å². The van der Waals surface area contributed by atoms with Crippen molar-refractivity contribution in [1.82, 2.24) is 0 Å². The second-order valence-electron chi connectivity index (χ2n) is 29.4. The maximum Gasteiger partial charge on any atom is 0.472 e. The lowest BCUT2D eigenvalue weighted by Crippen LogP contribution is -2.30. The Labute approximate surface area is 613 Å². The molecule has 0 bridgehead atoms. The number of phosphoric ester groups is 2. The van der Waals surface area contributed by atoms with Gasteiger partial charge in [0.2, 0.25) is 0 Å². The number of aliphatic hydroxyl groups excluding tert-OH is 1. The molecule has 0 spiro atoms. The molecule has 594 valence electrons. The van der Waals surface area contributed by atoms with Crippen LogP contribution in [-0.4, -0.2) is 96.7 Å². The Kier molecular flexibility index (Phi) is 72.5. The standard InChI is InChI=1S/C81H158O17P2/c1-6-10-13-16-19-22-25-28-30-32-34-37-40-46-51-56-61-66-80(85)97-76(70-92-79(84)65-60-55-50-45-39-36-33-31-29-26-23-20-17-14-11-7-2)72-95-99(87,88)93-68-75(82)69-94-100(89,90)96-73-77(71-91-78(83)64-59-54-49-44-38-35-27-24-21-18-15-12-8-3)98-81(86)67-62-57-52-47-42-41-43-48-53-58-63-74(5)9-4/h74-77,82H,6-73H2,1-5H3,(H,87,88)(H,89,90)/t74?,75-,76-,77-/m1/s1. The molecule has 0 aliphatic heterocycles. The van der Waals surface area contributed by atoms with Crippen molar-refractivity contribution in [2.75, 3.05) is 39.6 Å². The molecule has 0 aromatic carbocycles. The van der Waals surface area contributed by atoms with Crippen molar-refractivity contribution in [3.8, 4) is 0 Å². The normalized spacial score (nSPS) is 14.1. The zero-order chi connectivity index (χ0) is 73.4. The Morgan fingerprint density at radius 2 is 0.480 bits per heavy atom. The van der Waals surface area contributed by atoms with Crippen molar-refractivity contribution in [2.45, 2.75) is 451 Å². The first-order valence-electron chi connectivity index (χ1n) is 42.2. The van der Waals surface area contributed by atoms with Crippen LogP contribution >= 0.6 is 15.6 Å². The minimum Gasteiger partial charge on any atom is -0.462 e. The highest BCUT2D eigenvalue weighted by atomic mass is 31.2. The van der Waals surface area contributed by atoms with Gasteiger partial charge >= 0.3 is 39.5 Å². The van der Waals surface area contributed by atoms with Gasteiger partial charge in [-0.05, 0) is 31.6 Å². The smallest absolute Gasteiger partial charge is 0.462 e. The lowest BCUT2D eigenvalue weighted by Gasteiger charge is -2.21. The van der Waals surface area contributed by atoms with E-state index in [1.54, 1.807) is 0 Å². The van der Waals surface area contributed by atoms with Gasteiger partial charge in [0.25, 0.3) is 0 Å². The summed E-state index contributed by atoms with van der Waals surface area (Å²) < 4.78 is 68.8. The Hall–Kier alpha value is -1.94. The van der Waals surface area contributed by atoms with E-state index in [0.29, 0.717) is 25.7 Å². The van der Waals surface area contributed by atoms with Crippen molar-refractivity contribution in [1.29, 1.82) is 0 Å². The molecule has 0 saturated heterocycles. The van der Waals surface area contributed by atoms with Crippen molar-refractivity contribution >= 4 is 39.5 Å². The predicted molar refractivity (Wildman–Crippen MR) is 409 cm³/mol. The van der Waals surface area contributed by atoms with Crippen LogP contribution in [0.4, 0.5) is 0 Å². The molecule has 0 aliphatic rings. The molecule has 0 aromatic rings. The number of hydrogen-bond acceptors (Lipinski definition) is 15. The highest BCUT2D eigenvalue weighted by Gasteiger charge is 2.30. The Morgan fingerprint density at radius 3 is 0.710 bits per heavy atom. The quantitative estimate of drug-likeness (QED) is 0.0222. The van der Waals surface area contributed by atoms with Gasteiger partial charge in [-0.2, -0.15) is 0 Å². The molecule has 17 nitrogen and oxygen atoms in total. The van der Waals surface area contributed by atoms with Gasteiger partial charge in [0.1, 0.15) is 19.3 Å². The fraction of sp³-hybridized carbons (Fsp3) is 0.951. The Balaban J connectivity index is 5.27. The van der Waals surface area contributed by atoms with Crippen LogP contribution in [0, 0.1) is 5.92 Å². The summed E-state index contributed by atoms with van der Waals surface area (Å²) in [6.07, 6.45) is 65.0. The zero-order valence-corrected chi connectivity index (χ0v) is 67.1. The Bertz CT molecular complexity index is 1910. The third-order valence-electron chi connectivity index (χ3n) is 19.4. The number of unbranched alkanes of at least 4 members (excludes halogenated alkanes) is 52. The van der Waals surface area contributed by atoms with Gasteiger partial charge in [-0.3, -0.25) is 37.3 Å². The third-order valence-corrected chi connectivity index (χ3v) is 21.3. The molecule has 0 heterocycles. The van der Waals surface area contributed by atoms with Crippen LogP contribution in [0.5, 0.6) is 0 Å². The summed E-state index contributed by atoms with van der Waals surface area (Å²) >= 11 is 0. The molecule has 3 unspecified atom stereocenters. The van der Waals surface area contributed by atoms with Crippen LogP contribution in [0.2, 0.25) is 0 Å². The maximum atomic E-state index is 13.1. The van der Waals surface area contributed by atoms with E-state index in [0.717, 1.165) is 95.8 Å². The molecule has 0 amide bonds. The van der Waals surface area contributed by atoms with Crippen LogP contribution in [0.15, 0.2) is 0 Å². The minimum absolute atomic E-state index is 0.107. The highest BCUT2D eigenvalue weighted by molar-refractivity contribution is 7.47. The molecule has 0 aliphatic carbocycles. The van der Waals surface area contributed by atoms with Crippen LogP contribution in [0.3, 0.4) is 0 Å². The molecule has 3 N–H and O–H groups in total. The first kappa shape index (κ1) is 98.1. The van der Waals surface area contributed by atoms with E-state index in [1.807, 2.05) is 0 Å². The second-order valence-corrected chi connectivity index (χ2v) is 32.3.